The van der Waals surface area contributed by atoms with Gasteiger partial charge in [0.15, 0.2) is 0 Å². The van der Waals surface area contributed by atoms with Gasteiger partial charge in [0.05, 0.1) is 13.2 Å². The SMILES string of the molecule is CCCCNc1ccc(F)c(S(=O)(=O)N2CCOCC2)c1. The minimum Gasteiger partial charge on any atom is -0.385 e. The second-order valence-electron chi connectivity index (χ2n) is 4.94. The third kappa shape index (κ3) is 3.93. The molecule has 0 unspecified atom stereocenters. The van der Waals surface area contributed by atoms with Crippen LogP contribution in [-0.2, 0) is 14.8 Å². The molecule has 0 atom stereocenters. The van der Waals surface area contributed by atoms with Crippen molar-refractivity contribution < 1.29 is 17.5 Å². The largest absolute Gasteiger partial charge is 0.385 e. The molecular weight excluding hydrogens is 295 g/mol. The van der Waals surface area contributed by atoms with E-state index in [0.29, 0.717) is 18.9 Å². The smallest absolute Gasteiger partial charge is 0.246 e. The molecule has 1 aliphatic heterocycles. The van der Waals surface area contributed by atoms with Gasteiger partial charge in [0.1, 0.15) is 10.7 Å². The highest BCUT2D eigenvalue weighted by atomic mass is 32.2. The van der Waals surface area contributed by atoms with E-state index in [9.17, 15) is 12.8 Å². The third-order valence-corrected chi connectivity index (χ3v) is 5.29. The monoisotopic (exact) mass is 316 g/mol. The molecule has 1 aromatic rings. The zero-order valence-electron chi connectivity index (χ0n) is 12.1. The van der Waals surface area contributed by atoms with Crippen LogP contribution in [0.2, 0.25) is 0 Å². The Hall–Kier alpha value is -1.18. The molecule has 0 amide bonds. The predicted octanol–water partition coefficient (Wildman–Crippen LogP) is 2.06. The van der Waals surface area contributed by atoms with Crippen molar-refractivity contribution in [1.82, 2.24) is 4.31 Å². The zero-order valence-corrected chi connectivity index (χ0v) is 13.0. The number of morpholine rings is 1. The lowest BCUT2D eigenvalue weighted by atomic mass is 10.3. The Balaban J connectivity index is 2.22. The number of hydrogen-bond acceptors (Lipinski definition) is 4. The first-order chi connectivity index (χ1) is 10.1. The fraction of sp³-hybridized carbons (Fsp3) is 0.571. The van der Waals surface area contributed by atoms with Gasteiger partial charge in [-0.3, -0.25) is 0 Å². The number of ether oxygens (including phenoxy) is 1. The van der Waals surface area contributed by atoms with Crippen LogP contribution < -0.4 is 5.32 Å². The summed E-state index contributed by atoms with van der Waals surface area (Å²) < 4.78 is 45.3. The van der Waals surface area contributed by atoms with E-state index in [2.05, 4.69) is 12.2 Å². The van der Waals surface area contributed by atoms with Gasteiger partial charge in [0.2, 0.25) is 10.0 Å². The topological polar surface area (TPSA) is 58.6 Å². The lowest BCUT2D eigenvalue weighted by Gasteiger charge is -2.26. The number of sulfonamides is 1. The van der Waals surface area contributed by atoms with Gasteiger partial charge >= 0.3 is 0 Å². The van der Waals surface area contributed by atoms with Crippen LogP contribution in [0.25, 0.3) is 0 Å². The minimum atomic E-state index is -3.81. The van der Waals surface area contributed by atoms with Gasteiger partial charge in [0.25, 0.3) is 0 Å². The van der Waals surface area contributed by atoms with Gasteiger partial charge in [-0.25, -0.2) is 12.8 Å². The molecule has 7 heteroatoms. The van der Waals surface area contributed by atoms with E-state index in [0.717, 1.165) is 19.4 Å². The lowest BCUT2D eigenvalue weighted by Crippen LogP contribution is -2.40. The molecule has 0 spiro atoms. The third-order valence-electron chi connectivity index (χ3n) is 3.38. The van der Waals surface area contributed by atoms with Crippen LogP contribution in [-0.4, -0.2) is 45.6 Å². The van der Waals surface area contributed by atoms with E-state index in [1.807, 2.05) is 0 Å². The van der Waals surface area contributed by atoms with Crippen molar-refractivity contribution >= 4 is 15.7 Å². The van der Waals surface area contributed by atoms with Gasteiger partial charge in [-0.05, 0) is 24.6 Å². The van der Waals surface area contributed by atoms with Crippen molar-refractivity contribution in [2.24, 2.45) is 0 Å². The average Bonchev–Trinajstić information content (AvgIpc) is 2.50. The van der Waals surface area contributed by atoms with Crippen LogP contribution in [0.5, 0.6) is 0 Å². The number of nitrogens with one attached hydrogen (secondary N) is 1. The number of unbranched alkanes of at least 4 members (excludes halogenated alkanes) is 1. The van der Waals surface area contributed by atoms with Crippen LogP contribution in [0.15, 0.2) is 23.1 Å². The maximum absolute atomic E-state index is 13.9. The highest BCUT2D eigenvalue weighted by molar-refractivity contribution is 7.89. The maximum Gasteiger partial charge on any atom is 0.246 e. The number of anilines is 1. The summed E-state index contributed by atoms with van der Waals surface area (Å²) in [6.45, 7) is 4.01. The summed E-state index contributed by atoms with van der Waals surface area (Å²) in [6.07, 6.45) is 2.01. The predicted molar refractivity (Wildman–Crippen MR) is 79.4 cm³/mol. The molecule has 1 heterocycles. The number of hydrogen-bond donors (Lipinski definition) is 1. The van der Waals surface area contributed by atoms with Gasteiger partial charge in [-0.2, -0.15) is 4.31 Å². The molecule has 1 aliphatic rings. The molecule has 0 aliphatic carbocycles. The standard InChI is InChI=1S/C14H21FN2O3S/c1-2-3-6-16-12-4-5-13(15)14(11-12)21(18,19)17-7-9-20-10-8-17/h4-5,11,16H,2-3,6-10H2,1H3. The molecule has 2 rings (SSSR count). The molecule has 5 nitrogen and oxygen atoms in total. The Morgan fingerprint density at radius 3 is 2.71 bits per heavy atom. The van der Waals surface area contributed by atoms with Gasteiger partial charge in [-0.15, -0.1) is 0 Å². The molecule has 0 bridgehead atoms. The fourth-order valence-corrected chi connectivity index (χ4v) is 3.64. The molecule has 1 fully saturated rings. The molecule has 0 aromatic heterocycles. The molecule has 1 N–H and O–H groups in total. The first-order valence-corrected chi connectivity index (χ1v) is 8.61. The van der Waals surface area contributed by atoms with Gasteiger partial charge in [-0.1, -0.05) is 13.3 Å². The van der Waals surface area contributed by atoms with E-state index in [1.165, 1.54) is 16.4 Å². The fourth-order valence-electron chi connectivity index (χ4n) is 2.15. The van der Waals surface area contributed by atoms with Crippen LogP contribution in [0.4, 0.5) is 10.1 Å². The lowest BCUT2D eigenvalue weighted by molar-refractivity contribution is 0.0729. The van der Waals surface area contributed by atoms with Gasteiger partial charge in [0, 0.05) is 25.3 Å². The molecule has 1 saturated heterocycles. The molecule has 0 radical (unpaired) electrons. The number of halogens is 1. The van der Waals surface area contributed by atoms with Crippen LogP contribution in [0.1, 0.15) is 19.8 Å². The first-order valence-electron chi connectivity index (χ1n) is 7.17. The van der Waals surface area contributed by atoms with Crippen molar-refractivity contribution in [3.8, 4) is 0 Å². The van der Waals surface area contributed by atoms with Crippen molar-refractivity contribution in [2.75, 3.05) is 38.2 Å². The Kier molecular flexibility index (Phi) is 5.55. The van der Waals surface area contributed by atoms with E-state index in [1.54, 1.807) is 6.07 Å². The quantitative estimate of drug-likeness (QED) is 0.816. The highest BCUT2D eigenvalue weighted by Gasteiger charge is 2.29. The van der Waals surface area contributed by atoms with Crippen molar-refractivity contribution in [1.29, 1.82) is 0 Å². The Morgan fingerprint density at radius 1 is 1.33 bits per heavy atom. The van der Waals surface area contributed by atoms with E-state index in [-0.39, 0.29) is 18.0 Å². The first kappa shape index (κ1) is 16.2. The molecular formula is C14H21FN2O3S. The maximum atomic E-state index is 13.9. The average molecular weight is 316 g/mol. The summed E-state index contributed by atoms with van der Waals surface area (Å²) in [4.78, 5) is -0.272. The summed E-state index contributed by atoms with van der Waals surface area (Å²) in [6, 6.07) is 4.13. The summed E-state index contributed by atoms with van der Waals surface area (Å²) in [5.41, 5.74) is 0.622. The van der Waals surface area contributed by atoms with Crippen LogP contribution in [0, 0.1) is 5.82 Å². The summed E-state index contributed by atoms with van der Waals surface area (Å²) >= 11 is 0. The zero-order chi connectivity index (χ0) is 15.3. The number of benzene rings is 1. The Morgan fingerprint density at radius 2 is 2.05 bits per heavy atom. The van der Waals surface area contributed by atoms with Crippen LogP contribution in [0.3, 0.4) is 0 Å². The van der Waals surface area contributed by atoms with Crippen molar-refractivity contribution in [3.05, 3.63) is 24.0 Å². The second kappa shape index (κ2) is 7.20. The summed E-state index contributed by atoms with van der Waals surface area (Å²) in [5.74, 6) is -0.720. The van der Waals surface area contributed by atoms with E-state index >= 15 is 0 Å². The number of rotatable bonds is 6. The molecule has 0 saturated carbocycles. The highest BCUT2D eigenvalue weighted by Crippen LogP contribution is 2.23. The van der Waals surface area contributed by atoms with E-state index in [4.69, 9.17) is 4.74 Å². The van der Waals surface area contributed by atoms with E-state index < -0.39 is 15.8 Å². The summed E-state index contributed by atoms with van der Waals surface area (Å²) in [5, 5.41) is 3.11. The molecule has 21 heavy (non-hydrogen) atoms. The Bertz CT molecular complexity index is 572. The molecule has 1 aromatic carbocycles. The summed E-state index contributed by atoms with van der Waals surface area (Å²) in [7, 11) is -3.81. The second-order valence-corrected chi connectivity index (χ2v) is 6.85. The van der Waals surface area contributed by atoms with Gasteiger partial charge < -0.3 is 10.1 Å². The molecule has 118 valence electrons. The van der Waals surface area contributed by atoms with Crippen molar-refractivity contribution in [2.45, 2.75) is 24.7 Å². The van der Waals surface area contributed by atoms with Crippen molar-refractivity contribution in [3.63, 3.8) is 0 Å². The Labute approximate surface area is 125 Å². The normalized spacial score (nSPS) is 16.9. The minimum absolute atomic E-state index is 0.259. The van der Waals surface area contributed by atoms with Crippen LogP contribution >= 0.6 is 0 Å². The number of nitrogens with zero attached hydrogens (tertiary/aromatic N) is 1.